The second-order valence-corrected chi connectivity index (χ2v) is 11.7. The summed E-state index contributed by atoms with van der Waals surface area (Å²) in [7, 11) is 3.39. The van der Waals surface area contributed by atoms with Crippen LogP contribution in [0.15, 0.2) is 24.4 Å². The lowest BCUT2D eigenvalue weighted by Crippen LogP contribution is -2.57. The second kappa shape index (κ2) is 16.9. The van der Waals surface area contributed by atoms with Gasteiger partial charge in [0, 0.05) is 44.4 Å². The number of ether oxygens (including phenoxy) is 3. The molecule has 0 spiro atoms. The zero-order valence-electron chi connectivity index (χ0n) is 26.0. The maximum Gasteiger partial charge on any atom is 0.245 e. The van der Waals surface area contributed by atoms with Gasteiger partial charge in [-0.2, -0.15) is 0 Å². The van der Waals surface area contributed by atoms with E-state index in [0.717, 1.165) is 55.1 Å². The fourth-order valence-corrected chi connectivity index (χ4v) is 6.22. The summed E-state index contributed by atoms with van der Waals surface area (Å²) in [5.41, 5.74) is 1.69. The van der Waals surface area contributed by atoms with E-state index in [9.17, 15) is 14.0 Å². The number of benzene rings is 1. The Morgan fingerprint density at radius 3 is 2.51 bits per heavy atom. The second-order valence-electron chi connectivity index (χ2n) is 11.7. The van der Waals surface area contributed by atoms with Crippen LogP contribution in [0, 0.1) is 11.7 Å². The Labute approximate surface area is 255 Å². The van der Waals surface area contributed by atoms with Gasteiger partial charge in [-0.15, -0.1) is 0 Å². The topological polar surface area (TPSA) is 106 Å². The molecule has 10 nitrogen and oxygen atoms in total. The monoisotopic (exact) mass is 603 g/mol. The molecule has 2 amide bonds. The van der Waals surface area contributed by atoms with E-state index >= 15 is 0 Å². The fraction of sp³-hybridized carbons (Fsp3) is 0.688. The number of likely N-dealkylation sites (N-methyl/N-ethyl adjacent to an activating group) is 1. The summed E-state index contributed by atoms with van der Waals surface area (Å²) in [5.74, 6) is -0.235. The van der Waals surface area contributed by atoms with Gasteiger partial charge in [-0.05, 0) is 63.8 Å². The van der Waals surface area contributed by atoms with E-state index in [1.54, 1.807) is 26.3 Å². The van der Waals surface area contributed by atoms with Crippen molar-refractivity contribution in [3.63, 3.8) is 0 Å². The molecule has 1 aliphatic heterocycles. The third-order valence-electron chi connectivity index (χ3n) is 8.82. The zero-order chi connectivity index (χ0) is 30.6. The van der Waals surface area contributed by atoms with Crippen molar-refractivity contribution in [3.8, 4) is 0 Å². The van der Waals surface area contributed by atoms with Crippen molar-refractivity contribution in [2.75, 3.05) is 65.6 Å². The molecule has 2 aliphatic rings. The third kappa shape index (κ3) is 9.14. The van der Waals surface area contributed by atoms with E-state index < -0.39 is 6.04 Å². The van der Waals surface area contributed by atoms with Crippen molar-refractivity contribution >= 4 is 28.4 Å². The summed E-state index contributed by atoms with van der Waals surface area (Å²) in [6.45, 7) is 6.18. The van der Waals surface area contributed by atoms with Gasteiger partial charge in [0.2, 0.25) is 11.8 Å². The van der Waals surface area contributed by atoms with Crippen LogP contribution in [-0.2, 0) is 30.3 Å². The molecule has 11 heteroatoms. The van der Waals surface area contributed by atoms with Crippen molar-refractivity contribution in [1.29, 1.82) is 0 Å². The lowest BCUT2D eigenvalue weighted by molar-refractivity contribution is -0.139. The molecule has 3 atom stereocenters. The van der Waals surface area contributed by atoms with Crippen LogP contribution in [0.3, 0.4) is 0 Å². The highest BCUT2D eigenvalue weighted by Crippen LogP contribution is 2.31. The molecule has 0 bridgehead atoms. The summed E-state index contributed by atoms with van der Waals surface area (Å²) < 4.78 is 32.3. The van der Waals surface area contributed by atoms with Crippen molar-refractivity contribution in [1.82, 2.24) is 20.1 Å². The molecule has 43 heavy (non-hydrogen) atoms. The van der Waals surface area contributed by atoms with Crippen LogP contribution < -0.4 is 16.0 Å². The summed E-state index contributed by atoms with van der Waals surface area (Å²) in [6, 6.07) is 3.96. The number of fused-ring (bicyclic) bond motifs is 1. The summed E-state index contributed by atoms with van der Waals surface area (Å²) in [5, 5.41) is 10.6. The van der Waals surface area contributed by atoms with Crippen LogP contribution in [0.1, 0.15) is 51.9 Å². The fourth-order valence-electron chi connectivity index (χ4n) is 6.22. The molecule has 2 heterocycles. The number of hydrogen-bond donors (Lipinski definition) is 3. The van der Waals surface area contributed by atoms with Crippen molar-refractivity contribution in [2.45, 2.75) is 76.5 Å². The van der Waals surface area contributed by atoms with Gasteiger partial charge in [-0.1, -0.05) is 19.3 Å². The van der Waals surface area contributed by atoms with Crippen LogP contribution in [0.5, 0.6) is 0 Å². The summed E-state index contributed by atoms with van der Waals surface area (Å²) in [6.07, 6.45) is 9.10. The Morgan fingerprint density at radius 2 is 1.77 bits per heavy atom. The SMILES string of the molecule is CN[C@@H](C)C(=O)NC(C(=O)N1CCC[C@H]1CNc1cn(CCOCCOCCOC)c2cc(F)ccc12)C1CCCCC1. The smallest absolute Gasteiger partial charge is 0.245 e. The van der Waals surface area contributed by atoms with Crippen LogP contribution in [0.4, 0.5) is 10.1 Å². The van der Waals surface area contributed by atoms with Gasteiger partial charge in [0.05, 0.1) is 50.3 Å². The Bertz CT molecular complexity index is 1170. The Balaban J connectivity index is 1.39. The number of nitrogens with zero attached hydrogens (tertiary/aromatic N) is 2. The minimum atomic E-state index is -0.500. The first-order chi connectivity index (χ1) is 20.9. The molecule has 1 aromatic heterocycles. The van der Waals surface area contributed by atoms with Gasteiger partial charge in [0.25, 0.3) is 0 Å². The molecular weight excluding hydrogens is 553 g/mol. The van der Waals surface area contributed by atoms with E-state index in [4.69, 9.17) is 14.2 Å². The lowest BCUT2D eigenvalue weighted by atomic mass is 9.83. The van der Waals surface area contributed by atoms with Crippen molar-refractivity contribution in [3.05, 3.63) is 30.2 Å². The average molecular weight is 604 g/mol. The molecule has 1 saturated heterocycles. The number of amides is 2. The molecule has 2 fully saturated rings. The third-order valence-corrected chi connectivity index (χ3v) is 8.82. The maximum atomic E-state index is 14.2. The molecule has 1 unspecified atom stereocenters. The van der Waals surface area contributed by atoms with Gasteiger partial charge < -0.3 is 39.6 Å². The highest BCUT2D eigenvalue weighted by atomic mass is 19.1. The number of anilines is 1. The van der Waals surface area contributed by atoms with Gasteiger partial charge in [0.1, 0.15) is 11.9 Å². The lowest BCUT2D eigenvalue weighted by Gasteiger charge is -2.35. The highest BCUT2D eigenvalue weighted by molar-refractivity contribution is 5.93. The maximum absolute atomic E-state index is 14.2. The number of carbonyl (C=O) groups excluding carboxylic acids is 2. The van der Waals surface area contributed by atoms with Crippen LogP contribution in [-0.4, -0.2) is 99.7 Å². The first-order valence-corrected chi connectivity index (χ1v) is 15.9. The predicted octanol–water partition coefficient (Wildman–Crippen LogP) is 3.54. The molecule has 3 N–H and O–H groups in total. The zero-order valence-corrected chi connectivity index (χ0v) is 26.0. The number of aromatic nitrogens is 1. The predicted molar refractivity (Wildman–Crippen MR) is 166 cm³/mol. The molecule has 240 valence electrons. The van der Waals surface area contributed by atoms with E-state index in [0.29, 0.717) is 52.7 Å². The molecular formula is C32H50FN5O5. The molecule has 1 saturated carbocycles. The normalized spacial score (nSPS) is 19.1. The molecule has 2 aromatic rings. The van der Waals surface area contributed by atoms with E-state index in [-0.39, 0.29) is 35.6 Å². The van der Waals surface area contributed by atoms with E-state index in [1.807, 2.05) is 22.6 Å². The number of hydrogen-bond acceptors (Lipinski definition) is 7. The number of methoxy groups -OCH3 is 1. The summed E-state index contributed by atoms with van der Waals surface area (Å²) in [4.78, 5) is 28.8. The summed E-state index contributed by atoms with van der Waals surface area (Å²) >= 11 is 0. The number of carbonyl (C=O) groups is 2. The van der Waals surface area contributed by atoms with E-state index in [1.165, 1.54) is 12.5 Å². The number of likely N-dealkylation sites (tertiary alicyclic amines) is 1. The molecule has 4 rings (SSSR count). The Morgan fingerprint density at radius 1 is 1.02 bits per heavy atom. The van der Waals surface area contributed by atoms with Gasteiger partial charge in [-0.25, -0.2) is 4.39 Å². The molecule has 1 aromatic carbocycles. The molecule has 0 radical (unpaired) electrons. The standard InChI is InChI=1S/C32H50FN5O5/c1-23(34-2)31(39)36-30(24-8-5-4-6-9-24)32(40)38-13-7-10-26(38)21-35-28-22-37(29-20-25(33)11-12-27(28)29)14-15-42-18-19-43-17-16-41-3/h11-12,20,22-24,26,30,34-35H,4-10,13-19,21H2,1-3H3,(H,36,39)/t23-,26-,30?/m0/s1. The average Bonchev–Trinajstić information content (AvgIpc) is 3.63. The minimum Gasteiger partial charge on any atom is -0.382 e. The van der Waals surface area contributed by atoms with E-state index in [2.05, 4.69) is 16.0 Å². The van der Waals surface area contributed by atoms with Crippen LogP contribution in [0.25, 0.3) is 10.9 Å². The number of halogens is 1. The Kier molecular flexibility index (Phi) is 13.1. The quantitative estimate of drug-likeness (QED) is 0.238. The van der Waals surface area contributed by atoms with Crippen LogP contribution in [0.2, 0.25) is 0 Å². The Hall–Kier alpha value is -2.73. The van der Waals surface area contributed by atoms with Crippen molar-refractivity contribution in [2.24, 2.45) is 5.92 Å². The van der Waals surface area contributed by atoms with Gasteiger partial charge in [0.15, 0.2) is 0 Å². The van der Waals surface area contributed by atoms with Crippen LogP contribution >= 0.6 is 0 Å². The first kappa shape index (κ1) is 33.2. The first-order valence-electron chi connectivity index (χ1n) is 15.9. The highest BCUT2D eigenvalue weighted by Gasteiger charge is 2.38. The van der Waals surface area contributed by atoms with Gasteiger partial charge >= 0.3 is 0 Å². The van der Waals surface area contributed by atoms with Gasteiger partial charge in [-0.3, -0.25) is 9.59 Å². The molecule has 1 aliphatic carbocycles. The number of nitrogens with one attached hydrogen (secondary N) is 3. The number of rotatable bonds is 17. The largest absolute Gasteiger partial charge is 0.382 e. The minimum absolute atomic E-state index is 0.0116. The van der Waals surface area contributed by atoms with Crippen molar-refractivity contribution < 1.29 is 28.2 Å².